The maximum absolute atomic E-state index is 4.30. The fourth-order valence-electron chi connectivity index (χ4n) is 7.72. The molecule has 0 spiro atoms. The molecular formula is C18H24. The number of rotatable bonds is 2. The Morgan fingerprint density at radius 1 is 0.778 bits per heavy atom. The Bertz CT molecular complexity index is 421. The van der Waals surface area contributed by atoms with E-state index in [0.717, 1.165) is 35.5 Å². The highest BCUT2D eigenvalue weighted by Crippen LogP contribution is 2.78. The molecule has 7 fully saturated rings. The highest BCUT2D eigenvalue weighted by Gasteiger charge is 2.71. The van der Waals surface area contributed by atoms with Crippen LogP contribution in [0.4, 0.5) is 0 Å². The first-order valence-electron chi connectivity index (χ1n) is 7.98. The Morgan fingerprint density at radius 3 is 2.00 bits per heavy atom. The first-order chi connectivity index (χ1) is 8.71. The first-order valence-corrected chi connectivity index (χ1v) is 7.98. The minimum Gasteiger partial charge on any atom is -0.103 e. The van der Waals surface area contributed by atoms with Crippen molar-refractivity contribution < 1.29 is 0 Å². The summed E-state index contributed by atoms with van der Waals surface area (Å²) < 4.78 is 0. The molecule has 7 saturated carbocycles. The van der Waals surface area contributed by atoms with Crippen LogP contribution in [-0.4, -0.2) is 0 Å². The van der Waals surface area contributed by atoms with Gasteiger partial charge in [-0.05, 0) is 84.9 Å². The molecule has 4 unspecified atom stereocenters. The molecule has 0 aromatic heterocycles. The van der Waals surface area contributed by atoms with Crippen molar-refractivity contribution in [2.75, 3.05) is 0 Å². The van der Waals surface area contributed by atoms with E-state index in [9.17, 15) is 0 Å². The summed E-state index contributed by atoms with van der Waals surface area (Å²) in [4.78, 5) is 0. The van der Waals surface area contributed by atoms with E-state index in [1.165, 1.54) is 25.7 Å². The van der Waals surface area contributed by atoms with Crippen molar-refractivity contribution in [3.8, 4) is 0 Å². The SMILES string of the molecule is C=CC12CC3C4CC5CC3C(C1)C(C=C)(C5)C4C2. The van der Waals surface area contributed by atoms with Crippen LogP contribution in [0.5, 0.6) is 0 Å². The predicted molar refractivity (Wildman–Crippen MR) is 73.9 cm³/mol. The van der Waals surface area contributed by atoms with Gasteiger partial charge in [-0.3, -0.25) is 0 Å². The Balaban J connectivity index is 1.72. The van der Waals surface area contributed by atoms with Gasteiger partial charge in [0.25, 0.3) is 0 Å². The summed E-state index contributed by atoms with van der Waals surface area (Å²) in [6.45, 7) is 8.50. The third-order valence-corrected chi connectivity index (χ3v) is 8.08. The second kappa shape index (κ2) is 2.81. The van der Waals surface area contributed by atoms with E-state index in [-0.39, 0.29) is 0 Å². The van der Waals surface area contributed by atoms with E-state index in [2.05, 4.69) is 25.3 Å². The molecule has 0 amide bonds. The highest BCUT2D eigenvalue weighted by atomic mass is 14.8. The molecule has 7 rings (SSSR count). The lowest BCUT2D eigenvalue weighted by atomic mass is 9.28. The van der Waals surface area contributed by atoms with Crippen LogP contribution in [0.1, 0.15) is 38.5 Å². The third-order valence-electron chi connectivity index (χ3n) is 8.08. The van der Waals surface area contributed by atoms with E-state index >= 15 is 0 Å². The molecule has 96 valence electrons. The summed E-state index contributed by atoms with van der Waals surface area (Å²) in [5.74, 6) is 6.17. The van der Waals surface area contributed by atoms with Gasteiger partial charge < -0.3 is 0 Å². The van der Waals surface area contributed by atoms with Gasteiger partial charge in [0.05, 0.1) is 0 Å². The van der Waals surface area contributed by atoms with Crippen molar-refractivity contribution in [2.24, 2.45) is 46.3 Å². The molecule has 4 atom stereocenters. The lowest BCUT2D eigenvalue weighted by Gasteiger charge is -2.76. The molecule has 8 bridgehead atoms. The number of hydrogen-bond acceptors (Lipinski definition) is 0. The molecule has 0 aliphatic heterocycles. The molecule has 18 heavy (non-hydrogen) atoms. The first kappa shape index (κ1) is 10.3. The Morgan fingerprint density at radius 2 is 1.44 bits per heavy atom. The zero-order valence-electron chi connectivity index (χ0n) is 11.3. The van der Waals surface area contributed by atoms with Crippen LogP contribution in [-0.2, 0) is 0 Å². The van der Waals surface area contributed by atoms with Crippen LogP contribution in [0.15, 0.2) is 25.3 Å². The highest BCUT2D eigenvalue weighted by molar-refractivity contribution is 5.26. The standard InChI is InChI=1S/C18H24/c1-3-17-8-14-12-5-11-6-13(14)16(10-17)18(4-2,7-11)15(12)9-17/h3-4,11-16H,1-2,5-10H2. The lowest BCUT2D eigenvalue weighted by molar-refractivity contribution is -0.252. The minimum absolute atomic E-state index is 0.531. The zero-order valence-corrected chi connectivity index (χ0v) is 11.3. The average Bonchev–Trinajstić information content (AvgIpc) is 2.43. The molecule has 0 saturated heterocycles. The van der Waals surface area contributed by atoms with Crippen molar-refractivity contribution in [1.29, 1.82) is 0 Å². The van der Waals surface area contributed by atoms with E-state index in [1.807, 2.05) is 0 Å². The molecule has 0 aromatic carbocycles. The van der Waals surface area contributed by atoms with Gasteiger partial charge in [0.1, 0.15) is 0 Å². The minimum atomic E-state index is 0.531. The molecule has 0 nitrogen and oxygen atoms in total. The van der Waals surface area contributed by atoms with Crippen LogP contribution < -0.4 is 0 Å². The Kier molecular flexibility index (Phi) is 1.61. The predicted octanol–water partition coefficient (Wildman–Crippen LogP) is 4.44. The van der Waals surface area contributed by atoms with Gasteiger partial charge in [0.15, 0.2) is 0 Å². The molecule has 0 radical (unpaired) electrons. The lowest BCUT2D eigenvalue weighted by Crippen LogP contribution is -2.69. The van der Waals surface area contributed by atoms with Crippen molar-refractivity contribution >= 4 is 0 Å². The molecule has 0 heterocycles. The summed E-state index contributed by atoms with van der Waals surface area (Å²) in [5, 5.41) is 0. The maximum Gasteiger partial charge on any atom is -0.00557 e. The van der Waals surface area contributed by atoms with Gasteiger partial charge in [-0.2, -0.15) is 0 Å². The van der Waals surface area contributed by atoms with E-state index in [4.69, 9.17) is 0 Å². The third kappa shape index (κ3) is 0.859. The van der Waals surface area contributed by atoms with Crippen molar-refractivity contribution in [2.45, 2.75) is 38.5 Å². The normalized spacial score (nSPS) is 66.4. The van der Waals surface area contributed by atoms with Crippen LogP contribution in [0.2, 0.25) is 0 Å². The van der Waals surface area contributed by atoms with E-state index in [0.29, 0.717) is 10.8 Å². The molecule has 7 aliphatic carbocycles. The summed E-state index contributed by atoms with van der Waals surface area (Å²) in [6.07, 6.45) is 13.7. The summed E-state index contributed by atoms with van der Waals surface area (Å²) in [5.41, 5.74) is 1.09. The van der Waals surface area contributed by atoms with Crippen LogP contribution in [0, 0.1) is 46.3 Å². The topological polar surface area (TPSA) is 0 Å². The Labute approximate surface area is 111 Å². The van der Waals surface area contributed by atoms with E-state index in [1.54, 1.807) is 12.8 Å². The largest absolute Gasteiger partial charge is 0.103 e. The van der Waals surface area contributed by atoms with Gasteiger partial charge in [-0.1, -0.05) is 12.2 Å². The average molecular weight is 240 g/mol. The number of hydrogen-bond donors (Lipinski definition) is 0. The zero-order chi connectivity index (χ0) is 12.1. The fraction of sp³-hybridized carbons (Fsp3) is 0.778. The van der Waals surface area contributed by atoms with Crippen LogP contribution in [0.25, 0.3) is 0 Å². The Hall–Kier alpha value is -0.520. The smallest absolute Gasteiger partial charge is 0.00557 e. The monoisotopic (exact) mass is 240 g/mol. The fourth-order valence-corrected chi connectivity index (χ4v) is 7.72. The van der Waals surface area contributed by atoms with Crippen LogP contribution >= 0.6 is 0 Å². The van der Waals surface area contributed by atoms with Gasteiger partial charge in [0.2, 0.25) is 0 Å². The van der Waals surface area contributed by atoms with Crippen molar-refractivity contribution in [1.82, 2.24) is 0 Å². The summed E-state index contributed by atoms with van der Waals surface area (Å²) >= 11 is 0. The number of allylic oxidation sites excluding steroid dienone is 2. The maximum atomic E-state index is 4.30. The van der Waals surface area contributed by atoms with Gasteiger partial charge in [-0.15, -0.1) is 13.2 Å². The van der Waals surface area contributed by atoms with Gasteiger partial charge in [0, 0.05) is 0 Å². The van der Waals surface area contributed by atoms with Crippen LogP contribution in [0.3, 0.4) is 0 Å². The molecule has 7 aliphatic rings. The second-order valence-corrected chi connectivity index (χ2v) is 8.24. The molecule has 0 heteroatoms. The summed E-state index contributed by atoms with van der Waals surface area (Å²) in [7, 11) is 0. The summed E-state index contributed by atoms with van der Waals surface area (Å²) in [6, 6.07) is 0. The molecular weight excluding hydrogens is 216 g/mol. The molecule has 0 N–H and O–H groups in total. The second-order valence-electron chi connectivity index (χ2n) is 8.24. The van der Waals surface area contributed by atoms with E-state index < -0.39 is 0 Å². The van der Waals surface area contributed by atoms with Crippen molar-refractivity contribution in [3.05, 3.63) is 25.3 Å². The molecule has 0 aromatic rings. The van der Waals surface area contributed by atoms with Gasteiger partial charge in [-0.25, -0.2) is 0 Å². The van der Waals surface area contributed by atoms with Gasteiger partial charge >= 0.3 is 0 Å². The quantitative estimate of drug-likeness (QED) is 0.626. The van der Waals surface area contributed by atoms with Crippen molar-refractivity contribution in [3.63, 3.8) is 0 Å².